The average Bonchev–Trinajstić information content (AvgIpc) is 2.27. The summed E-state index contributed by atoms with van der Waals surface area (Å²) in [5.74, 6) is 0.605. The van der Waals surface area contributed by atoms with Crippen molar-refractivity contribution in [3.63, 3.8) is 0 Å². The first-order valence-electron chi connectivity index (χ1n) is 12.0. The van der Waals surface area contributed by atoms with Gasteiger partial charge in [0.1, 0.15) is 5.78 Å². The molecule has 32 heavy (non-hydrogen) atoms. The zero-order chi connectivity index (χ0) is 27.2. The van der Waals surface area contributed by atoms with Crippen molar-refractivity contribution in [2.75, 3.05) is 5.75 Å². The maximum Gasteiger partial charge on any atom is 0.155 e. The van der Waals surface area contributed by atoms with Gasteiger partial charge in [0, 0.05) is 11.8 Å². The van der Waals surface area contributed by atoms with Crippen LogP contribution in [0.1, 0.15) is 137 Å². The zero-order valence-corrected chi connectivity index (χ0v) is 26.1. The molecule has 0 rings (SSSR count). The summed E-state index contributed by atoms with van der Waals surface area (Å²) in [6.45, 7) is 37.0. The van der Waals surface area contributed by atoms with Crippen LogP contribution < -0.4 is 0 Å². The Balaban J connectivity index is -0.000000398. The zero-order valence-electron chi connectivity index (χ0n) is 25.3. The molecule has 3 nitrogen and oxygen atoms in total. The first-order valence-corrected chi connectivity index (χ1v) is 13.7. The van der Waals surface area contributed by atoms with E-state index in [0.717, 1.165) is 0 Å². The molecular formula is C28H60O3S. The van der Waals surface area contributed by atoms with Gasteiger partial charge in [0.05, 0.1) is 10.5 Å². The van der Waals surface area contributed by atoms with Crippen LogP contribution in [0.25, 0.3) is 0 Å². The van der Waals surface area contributed by atoms with Gasteiger partial charge in [-0.05, 0) is 48.9 Å². The normalized spacial score (nSPS) is 14.1. The number of carbonyl (C=O) groups is 1. The molecule has 0 unspecified atom stereocenters. The van der Waals surface area contributed by atoms with Gasteiger partial charge < -0.3 is 0 Å². The fourth-order valence-electron chi connectivity index (χ4n) is 3.12. The third-order valence-electron chi connectivity index (χ3n) is 4.14. The summed E-state index contributed by atoms with van der Waals surface area (Å²) >= 11 is 0. The second-order valence-corrected chi connectivity index (χ2v) is 18.9. The molecule has 0 amide bonds. The number of sulfone groups is 1. The van der Waals surface area contributed by atoms with Gasteiger partial charge >= 0.3 is 0 Å². The largest absolute Gasteiger partial charge is 0.299 e. The third-order valence-corrected chi connectivity index (χ3v) is 7.26. The van der Waals surface area contributed by atoms with Gasteiger partial charge in [0.15, 0.2) is 9.84 Å². The highest BCUT2D eigenvalue weighted by Crippen LogP contribution is 2.32. The summed E-state index contributed by atoms with van der Waals surface area (Å²) in [7, 11) is -2.96. The molecule has 0 aromatic rings. The minimum Gasteiger partial charge on any atom is -0.299 e. The highest BCUT2D eigenvalue weighted by Gasteiger charge is 2.32. The lowest BCUT2D eigenvalue weighted by Gasteiger charge is -2.28. The van der Waals surface area contributed by atoms with E-state index in [9.17, 15) is 13.2 Å². The summed E-state index contributed by atoms with van der Waals surface area (Å²) < 4.78 is 22.7. The summed E-state index contributed by atoms with van der Waals surface area (Å²) in [6.07, 6.45) is 1.97. The number of Topliss-reactive ketones (excluding diaryl/α,β-unsaturated/α-hetero) is 1. The van der Waals surface area contributed by atoms with Crippen molar-refractivity contribution < 1.29 is 13.2 Å². The van der Waals surface area contributed by atoms with E-state index < -0.39 is 14.6 Å². The fourth-order valence-corrected chi connectivity index (χ4v) is 4.70. The fraction of sp³-hybridized carbons (Fsp3) is 0.964. The summed E-state index contributed by atoms with van der Waals surface area (Å²) in [6, 6.07) is 0. The van der Waals surface area contributed by atoms with Crippen molar-refractivity contribution in [1.29, 1.82) is 0 Å². The van der Waals surface area contributed by atoms with Crippen LogP contribution in [0.5, 0.6) is 0 Å². The van der Waals surface area contributed by atoms with Crippen LogP contribution in [-0.2, 0) is 14.6 Å². The molecule has 0 bridgehead atoms. The number of hydrogen-bond donors (Lipinski definition) is 0. The minimum absolute atomic E-state index is 0.129. The van der Waals surface area contributed by atoms with E-state index in [1.54, 1.807) is 20.8 Å². The molecule has 4 heteroatoms. The number of ketones is 1. The van der Waals surface area contributed by atoms with Crippen LogP contribution in [-0.4, -0.2) is 24.7 Å². The van der Waals surface area contributed by atoms with Crippen molar-refractivity contribution in [2.24, 2.45) is 27.1 Å². The molecule has 0 spiro atoms. The Morgan fingerprint density at radius 2 is 0.844 bits per heavy atom. The van der Waals surface area contributed by atoms with E-state index in [1.807, 2.05) is 41.5 Å². The maximum absolute atomic E-state index is 11.7. The van der Waals surface area contributed by atoms with E-state index in [0.29, 0.717) is 23.0 Å². The number of rotatable bonds is 2. The van der Waals surface area contributed by atoms with Crippen molar-refractivity contribution in [1.82, 2.24) is 0 Å². The van der Waals surface area contributed by atoms with Crippen molar-refractivity contribution >= 4 is 15.6 Å². The number of hydrogen-bond acceptors (Lipinski definition) is 3. The molecule has 0 saturated heterocycles. The van der Waals surface area contributed by atoms with Crippen molar-refractivity contribution in [2.45, 2.75) is 142 Å². The molecule has 0 heterocycles. The van der Waals surface area contributed by atoms with Gasteiger partial charge in [-0.15, -0.1) is 0 Å². The quantitative estimate of drug-likeness (QED) is 0.400. The lowest BCUT2D eigenvalue weighted by atomic mass is 9.78. The highest BCUT2D eigenvalue weighted by atomic mass is 32.2. The first-order chi connectivity index (χ1) is 13.3. The summed E-state index contributed by atoms with van der Waals surface area (Å²) in [5.41, 5.74) is 0.778. The van der Waals surface area contributed by atoms with E-state index in [1.165, 1.54) is 6.42 Å². The first kappa shape index (κ1) is 36.2. The Hall–Kier alpha value is -0.380. The average molecular weight is 477 g/mol. The maximum atomic E-state index is 11.7. The van der Waals surface area contributed by atoms with Crippen LogP contribution in [0.15, 0.2) is 0 Å². The second-order valence-electron chi connectivity index (χ2n) is 16.1. The number of carbonyl (C=O) groups excluding carboxylic acids is 1. The molecule has 0 N–H and O–H groups in total. The van der Waals surface area contributed by atoms with Crippen LogP contribution in [0, 0.1) is 27.1 Å². The molecule has 0 aliphatic rings. The molecular weight excluding hydrogens is 416 g/mol. The highest BCUT2D eigenvalue weighted by molar-refractivity contribution is 7.92. The van der Waals surface area contributed by atoms with Gasteiger partial charge in [0.2, 0.25) is 0 Å². The molecule has 0 aliphatic carbocycles. The molecule has 0 radical (unpaired) electrons. The van der Waals surface area contributed by atoms with E-state index in [4.69, 9.17) is 0 Å². The Morgan fingerprint density at radius 3 is 0.906 bits per heavy atom. The van der Waals surface area contributed by atoms with Gasteiger partial charge in [-0.3, -0.25) is 4.79 Å². The Bertz CT molecular complexity index is 630. The molecule has 0 aromatic carbocycles. The van der Waals surface area contributed by atoms with Gasteiger partial charge in [-0.2, -0.15) is 0 Å². The molecule has 0 atom stereocenters. The molecule has 0 aliphatic heterocycles. The van der Waals surface area contributed by atoms with Crippen LogP contribution in [0.4, 0.5) is 0 Å². The molecule has 0 fully saturated rings. The topological polar surface area (TPSA) is 51.2 Å². The minimum atomic E-state index is -2.96. The molecule has 0 aromatic heterocycles. The lowest BCUT2D eigenvalue weighted by Crippen LogP contribution is -2.35. The lowest BCUT2D eigenvalue weighted by molar-refractivity contribution is -0.128. The van der Waals surface area contributed by atoms with Crippen LogP contribution >= 0.6 is 0 Å². The predicted molar refractivity (Wildman–Crippen MR) is 145 cm³/mol. The molecule has 196 valence electrons. The smallest absolute Gasteiger partial charge is 0.155 e. The van der Waals surface area contributed by atoms with E-state index >= 15 is 0 Å². The van der Waals surface area contributed by atoms with Gasteiger partial charge in [0.25, 0.3) is 0 Å². The summed E-state index contributed by atoms with van der Waals surface area (Å²) in [5, 5.41) is 0. The van der Waals surface area contributed by atoms with E-state index in [2.05, 4.69) is 62.3 Å². The standard InChI is InChI=1S/C10H20O.C9H20O2S.C9H20/c1-9(2,3)7-8(11)10(4,5)6;1-8(2,3)7-12(10,11)9(4,5)6;1-8(2,3)7-9(4,5)6/h7H2,1-6H3;7H2,1-6H3;7H2,1-6H3. The SMILES string of the molecule is CC(C)(C)CC(=O)C(C)(C)C.CC(C)(C)CC(C)(C)C.CC(C)(C)CS(=O)(=O)C(C)(C)C. The molecule has 0 saturated carbocycles. The monoisotopic (exact) mass is 476 g/mol. The van der Waals surface area contributed by atoms with Crippen molar-refractivity contribution in [3.8, 4) is 0 Å². The van der Waals surface area contributed by atoms with Crippen molar-refractivity contribution in [3.05, 3.63) is 0 Å². The third kappa shape index (κ3) is 24.3. The summed E-state index contributed by atoms with van der Waals surface area (Å²) in [4.78, 5) is 11.5. The predicted octanol–water partition coefficient (Wildman–Crippen LogP) is 8.75. The van der Waals surface area contributed by atoms with Crippen LogP contribution in [0.2, 0.25) is 0 Å². The Labute approximate surface area is 203 Å². The Kier molecular flexibility index (Phi) is 13.4. The Morgan fingerprint density at radius 1 is 0.531 bits per heavy atom. The van der Waals surface area contributed by atoms with E-state index in [-0.39, 0.29) is 22.0 Å². The van der Waals surface area contributed by atoms with Gasteiger partial charge in [-0.1, -0.05) is 104 Å². The van der Waals surface area contributed by atoms with Gasteiger partial charge in [-0.25, -0.2) is 8.42 Å². The van der Waals surface area contributed by atoms with Crippen LogP contribution in [0.3, 0.4) is 0 Å². The second kappa shape index (κ2) is 11.8.